The number of aromatic carboxylic acids is 1. The molecular formula is C13H18N2O2. The van der Waals surface area contributed by atoms with Crippen molar-refractivity contribution >= 4 is 11.7 Å². The Hall–Kier alpha value is -1.81. The van der Waals surface area contributed by atoms with Crippen LogP contribution < -0.4 is 5.32 Å². The van der Waals surface area contributed by atoms with Crippen molar-refractivity contribution in [2.75, 3.05) is 32.5 Å². The molecule has 0 aliphatic heterocycles. The number of carboxylic acids is 1. The minimum absolute atomic E-state index is 0.304. The summed E-state index contributed by atoms with van der Waals surface area (Å²) in [5.74, 6) is -0.901. The van der Waals surface area contributed by atoms with E-state index >= 15 is 0 Å². The lowest BCUT2D eigenvalue weighted by atomic mass is 10.2. The quantitative estimate of drug-likeness (QED) is 0.738. The van der Waals surface area contributed by atoms with Crippen LogP contribution in [-0.2, 0) is 0 Å². The van der Waals surface area contributed by atoms with E-state index in [4.69, 9.17) is 5.11 Å². The highest BCUT2D eigenvalue weighted by atomic mass is 16.4. The van der Waals surface area contributed by atoms with Crippen molar-refractivity contribution in [1.82, 2.24) is 4.90 Å². The molecule has 0 saturated heterocycles. The van der Waals surface area contributed by atoms with E-state index in [-0.39, 0.29) is 0 Å². The number of anilines is 1. The average molecular weight is 234 g/mol. The van der Waals surface area contributed by atoms with Crippen LogP contribution in [-0.4, -0.2) is 43.2 Å². The van der Waals surface area contributed by atoms with Crippen molar-refractivity contribution in [3.05, 3.63) is 42.0 Å². The number of carboxylic acid groups (broad SMARTS) is 1. The number of rotatable bonds is 6. The van der Waals surface area contributed by atoms with Gasteiger partial charge in [-0.15, -0.1) is 0 Å². The Morgan fingerprint density at radius 2 is 1.94 bits per heavy atom. The molecule has 0 amide bonds. The fourth-order valence-electron chi connectivity index (χ4n) is 1.28. The highest BCUT2D eigenvalue weighted by molar-refractivity contribution is 5.87. The molecule has 0 radical (unpaired) electrons. The molecule has 0 bridgehead atoms. The number of hydrogen-bond acceptors (Lipinski definition) is 3. The molecule has 17 heavy (non-hydrogen) atoms. The first-order valence-electron chi connectivity index (χ1n) is 5.46. The molecule has 0 fully saturated rings. The Labute approximate surface area is 102 Å². The molecule has 0 atom stereocenters. The fraction of sp³-hybridized carbons (Fsp3) is 0.308. The van der Waals surface area contributed by atoms with Gasteiger partial charge in [-0.3, -0.25) is 0 Å². The van der Waals surface area contributed by atoms with Crippen LogP contribution in [0.5, 0.6) is 0 Å². The summed E-state index contributed by atoms with van der Waals surface area (Å²) >= 11 is 0. The lowest BCUT2D eigenvalue weighted by molar-refractivity contribution is 0.0697. The Morgan fingerprint density at radius 1 is 1.29 bits per heavy atom. The minimum atomic E-state index is -0.901. The normalized spacial score (nSPS) is 11.0. The summed E-state index contributed by atoms with van der Waals surface area (Å²) in [6.07, 6.45) is 4.13. The van der Waals surface area contributed by atoms with Gasteiger partial charge >= 0.3 is 5.97 Å². The number of carbonyl (C=O) groups is 1. The number of likely N-dealkylation sites (N-methyl/N-ethyl adjacent to an activating group) is 1. The van der Waals surface area contributed by atoms with E-state index in [1.807, 2.05) is 20.2 Å². The molecule has 0 heterocycles. The van der Waals surface area contributed by atoms with Crippen LogP contribution in [0, 0.1) is 0 Å². The van der Waals surface area contributed by atoms with E-state index < -0.39 is 5.97 Å². The third-order valence-electron chi connectivity index (χ3n) is 2.19. The molecule has 4 nitrogen and oxygen atoms in total. The maximum atomic E-state index is 10.6. The van der Waals surface area contributed by atoms with Gasteiger partial charge in [0, 0.05) is 18.8 Å². The smallest absolute Gasteiger partial charge is 0.335 e. The van der Waals surface area contributed by atoms with Gasteiger partial charge < -0.3 is 15.3 Å². The van der Waals surface area contributed by atoms with E-state index in [0.717, 1.165) is 18.8 Å². The van der Waals surface area contributed by atoms with Crippen molar-refractivity contribution in [3.63, 3.8) is 0 Å². The van der Waals surface area contributed by atoms with Gasteiger partial charge in [-0.2, -0.15) is 0 Å². The number of nitrogens with zero attached hydrogens (tertiary/aromatic N) is 1. The first-order valence-corrected chi connectivity index (χ1v) is 5.46. The third kappa shape index (κ3) is 5.17. The van der Waals surface area contributed by atoms with Crippen molar-refractivity contribution in [2.24, 2.45) is 0 Å². The van der Waals surface area contributed by atoms with Gasteiger partial charge in [0.15, 0.2) is 0 Å². The van der Waals surface area contributed by atoms with Gasteiger partial charge in [0.05, 0.1) is 5.56 Å². The maximum absolute atomic E-state index is 10.6. The van der Waals surface area contributed by atoms with Crippen molar-refractivity contribution in [1.29, 1.82) is 0 Å². The van der Waals surface area contributed by atoms with Gasteiger partial charge in [-0.25, -0.2) is 4.79 Å². The van der Waals surface area contributed by atoms with Crippen molar-refractivity contribution < 1.29 is 9.90 Å². The SMILES string of the molecule is CN(C)C/C=C/CNc1ccc(C(=O)O)cc1. The summed E-state index contributed by atoms with van der Waals surface area (Å²) in [6, 6.07) is 6.72. The van der Waals surface area contributed by atoms with Gasteiger partial charge in [0.25, 0.3) is 0 Å². The lowest BCUT2D eigenvalue weighted by Gasteiger charge is -2.05. The molecular weight excluding hydrogens is 216 g/mol. The van der Waals surface area contributed by atoms with Gasteiger partial charge in [-0.1, -0.05) is 12.2 Å². The molecule has 1 aromatic rings. The van der Waals surface area contributed by atoms with E-state index in [0.29, 0.717) is 5.56 Å². The molecule has 0 aromatic heterocycles. The summed E-state index contributed by atoms with van der Waals surface area (Å²) in [5.41, 5.74) is 1.23. The first-order chi connectivity index (χ1) is 8.09. The predicted molar refractivity (Wildman–Crippen MR) is 69.6 cm³/mol. The molecule has 92 valence electrons. The Balaban J connectivity index is 2.37. The number of hydrogen-bond donors (Lipinski definition) is 2. The van der Waals surface area contributed by atoms with Crippen LogP contribution >= 0.6 is 0 Å². The van der Waals surface area contributed by atoms with E-state index in [1.54, 1.807) is 24.3 Å². The Kier molecular flexibility index (Phi) is 5.23. The van der Waals surface area contributed by atoms with E-state index in [1.165, 1.54) is 0 Å². The van der Waals surface area contributed by atoms with Crippen LogP contribution in [0.15, 0.2) is 36.4 Å². The highest BCUT2D eigenvalue weighted by Gasteiger charge is 2.00. The number of benzene rings is 1. The highest BCUT2D eigenvalue weighted by Crippen LogP contribution is 2.08. The second kappa shape index (κ2) is 6.70. The second-order valence-corrected chi connectivity index (χ2v) is 4.00. The number of nitrogens with one attached hydrogen (secondary N) is 1. The topological polar surface area (TPSA) is 52.6 Å². The third-order valence-corrected chi connectivity index (χ3v) is 2.19. The maximum Gasteiger partial charge on any atom is 0.335 e. The monoisotopic (exact) mass is 234 g/mol. The first kappa shape index (κ1) is 13.3. The second-order valence-electron chi connectivity index (χ2n) is 4.00. The van der Waals surface area contributed by atoms with Crippen LogP contribution in [0.4, 0.5) is 5.69 Å². The van der Waals surface area contributed by atoms with Gasteiger partial charge in [0.2, 0.25) is 0 Å². The zero-order valence-electron chi connectivity index (χ0n) is 10.2. The molecule has 1 aromatic carbocycles. The lowest BCUT2D eigenvalue weighted by Crippen LogP contribution is -2.10. The largest absolute Gasteiger partial charge is 0.478 e. The van der Waals surface area contributed by atoms with Gasteiger partial charge in [0.1, 0.15) is 0 Å². The molecule has 0 spiro atoms. The van der Waals surface area contributed by atoms with Crippen LogP contribution in [0.3, 0.4) is 0 Å². The molecule has 0 unspecified atom stereocenters. The molecule has 2 N–H and O–H groups in total. The molecule has 0 aliphatic rings. The molecule has 0 aliphatic carbocycles. The van der Waals surface area contributed by atoms with Crippen molar-refractivity contribution in [2.45, 2.75) is 0 Å². The molecule has 0 saturated carbocycles. The summed E-state index contributed by atoms with van der Waals surface area (Å²) in [4.78, 5) is 12.7. The van der Waals surface area contributed by atoms with Crippen LogP contribution in [0.2, 0.25) is 0 Å². The molecule has 4 heteroatoms. The van der Waals surface area contributed by atoms with E-state index in [2.05, 4.69) is 16.3 Å². The summed E-state index contributed by atoms with van der Waals surface area (Å²) in [7, 11) is 4.03. The standard InChI is InChI=1S/C13H18N2O2/c1-15(2)10-4-3-9-14-12-7-5-11(6-8-12)13(16)17/h3-8,14H,9-10H2,1-2H3,(H,16,17)/b4-3+. The summed E-state index contributed by atoms with van der Waals surface area (Å²) in [6.45, 7) is 1.65. The molecule has 1 rings (SSSR count). The van der Waals surface area contributed by atoms with Crippen LogP contribution in [0.25, 0.3) is 0 Å². The summed E-state index contributed by atoms with van der Waals surface area (Å²) < 4.78 is 0. The van der Waals surface area contributed by atoms with Gasteiger partial charge in [-0.05, 0) is 38.4 Å². The zero-order chi connectivity index (χ0) is 12.7. The average Bonchev–Trinajstić information content (AvgIpc) is 2.29. The zero-order valence-corrected chi connectivity index (χ0v) is 10.2. The minimum Gasteiger partial charge on any atom is -0.478 e. The summed E-state index contributed by atoms with van der Waals surface area (Å²) in [5, 5.41) is 11.9. The fourth-order valence-corrected chi connectivity index (χ4v) is 1.28. The van der Waals surface area contributed by atoms with E-state index in [9.17, 15) is 4.79 Å². The predicted octanol–water partition coefficient (Wildman–Crippen LogP) is 1.91. The Bertz CT molecular complexity index is 383. The van der Waals surface area contributed by atoms with Crippen LogP contribution in [0.1, 0.15) is 10.4 Å². The Morgan fingerprint density at radius 3 is 2.47 bits per heavy atom. The van der Waals surface area contributed by atoms with Crippen molar-refractivity contribution in [3.8, 4) is 0 Å².